The number of phenolic OH excluding ortho intramolecular Hbond substituents is 1. The Hall–Kier alpha value is -3.08. The molecule has 0 radical (unpaired) electrons. The van der Waals surface area contributed by atoms with E-state index in [0.29, 0.717) is 12.2 Å². The van der Waals surface area contributed by atoms with Gasteiger partial charge >= 0.3 is 5.97 Å². The topological polar surface area (TPSA) is 55.3 Å². The van der Waals surface area contributed by atoms with Gasteiger partial charge in [0.1, 0.15) is 24.7 Å². The highest BCUT2D eigenvalue weighted by Gasteiger charge is 2.33. The quantitative estimate of drug-likeness (QED) is 0.197. The van der Waals surface area contributed by atoms with Crippen molar-refractivity contribution in [2.75, 3.05) is 6.61 Å². The molecule has 34 heavy (non-hydrogen) atoms. The zero-order valence-corrected chi connectivity index (χ0v) is 20.2. The van der Waals surface area contributed by atoms with Crippen molar-refractivity contribution in [1.29, 1.82) is 0 Å². The molecular formula is C29H37N2O3+. The van der Waals surface area contributed by atoms with E-state index in [4.69, 9.17) is 4.74 Å². The van der Waals surface area contributed by atoms with Gasteiger partial charge in [-0.1, -0.05) is 74.2 Å². The summed E-state index contributed by atoms with van der Waals surface area (Å²) < 4.78 is 10.3. The lowest BCUT2D eigenvalue weighted by molar-refractivity contribution is -0.694. The van der Waals surface area contributed by atoms with E-state index >= 15 is 0 Å². The van der Waals surface area contributed by atoms with Crippen molar-refractivity contribution in [3.8, 4) is 5.75 Å². The molecule has 1 aliphatic carbocycles. The number of benzene rings is 2. The number of imidazole rings is 1. The van der Waals surface area contributed by atoms with Crippen LogP contribution in [0.3, 0.4) is 0 Å². The molecule has 1 saturated carbocycles. The Labute approximate surface area is 203 Å². The van der Waals surface area contributed by atoms with E-state index in [1.807, 2.05) is 18.2 Å². The van der Waals surface area contributed by atoms with E-state index in [-0.39, 0.29) is 23.6 Å². The van der Waals surface area contributed by atoms with Gasteiger partial charge in [-0.3, -0.25) is 4.79 Å². The van der Waals surface area contributed by atoms with Gasteiger partial charge in [0.25, 0.3) is 5.82 Å². The minimum absolute atomic E-state index is 0.194. The predicted molar refractivity (Wildman–Crippen MR) is 133 cm³/mol. The van der Waals surface area contributed by atoms with Crippen LogP contribution in [0.2, 0.25) is 0 Å². The highest BCUT2D eigenvalue weighted by molar-refractivity contribution is 5.79. The van der Waals surface area contributed by atoms with Gasteiger partial charge in [-0.2, -0.15) is 0 Å². The standard InChI is InChI=1S/C29H36N2O3/c1-23-30(19-20-31(23)22-24-12-5-4-6-13-24)18-11-21-34-29(33)28(25-14-7-2-3-8-15-25)26-16-9-10-17-27(26)32/h4-6,9-10,12-13,16-17,19-20,25,28H,2-3,7-8,11,14-15,18,21-22H2,1H3/p+1. The lowest BCUT2D eigenvalue weighted by Gasteiger charge is -2.25. The van der Waals surface area contributed by atoms with Gasteiger partial charge in [0.2, 0.25) is 0 Å². The van der Waals surface area contributed by atoms with Crippen molar-refractivity contribution < 1.29 is 19.2 Å². The van der Waals surface area contributed by atoms with Gasteiger partial charge in [0, 0.05) is 18.9 Å². The molecule has 0 bridgehead atoms. The van der Waals surface area contributed by atoms with Crippen LogP contribution in [0.15, 0.2) is 67.0 Å². The molecule has 0 aliphatic heterocycles. The fraction of sp³-hybridized carbons (Fsp3) is 0.448. The summed E-state index contributed by atoms with van der Waals surface area (Å²) in [5, 5.41) is 10.5. The van der Waals surface area contributed by atoms with Crippen LogP contribution in [0.5, 0.6) is 5.75 Å². The zero-order chi connectivity index (χ0) is 23.8. The van der Waals surface area contributed by atoms with Gasteiger partial charge in [-0.15, -0.1) is 0 Å². The average molecular weight is 462 g/mol. The molecule has 1 aliphatic rings. The van der Waals surface area contributed by atoms with Crippen LogP contribution >= 0.6 is 0 Å². The smallest absolute Gasteiger partial charge is 0.313 e. The third kappa shape index (κ3) is 6.07. The number of carbonyl (C=O) groups is 1. The first-order chi connectivity index (χ1) is 16.6. The predicted octanol–water partition coefficient (Wildman–Crippen LogP) is 5.53. The van der Waals surface area contributed by atoms with Crippen LogP contribution in [-0.4, -0.2) is 22.2 Å². The molecule has 1 heterocycles. The minimum atomic E-state index is -0.388. The maximum Gasteiger partial charge on any atom is 0.313 e. The second-order valence-corrected chi connectivity index (χ2v) is 9.46. The molecule has 5 heteroatoms. The highest BCUT2D eigenvalue weighted by atomic mass is 16.5. The van der Waals surface area contributed by atoms with E-state index in [1.165, 1.54) is 24.2 Å². The Balaban J connectivity index is 1.35. The fourth-order valence-electron chi connectivity index (χ4n) is 5.19. The van der Waals surface area contributed by atoms with E-state index in [1.54, 1.807) is 12.1 Å². The van der Waals surface area contributed by atoms with Crippen molar-refractivity contribution in [3.05, 3.63) is 83.9 Å². The van der Waals surface area contributed by atoms with Crippen molar-refractivity contribution >= 4 is 5.97 Å². The molecule has 1 N–H and O–H groups in total. The Kier molecular flexibility index (Phi) is 8.40. The maximum absolute atomic E-state index is 13.2. The van der Waals surface area contributed by atoms with Gasteiger partial charge in [0.15, 0.2) is 0 Å². The summed E-state index contributed by atoms with van der Waals surface area (Å²) in [5.41, 5.74) is 1.98. The first kappa shape index (κ1) is 24.1. The first-order valence-electron chi connectivity index (χ1n) is 12.7. The molecule has 0 amide bonds. The number of carbonyl (C=O) groups excluding carboxylic acids is 1. The number of rotatable bonds is 9. The Morgan fingerprint density at radius 1 is 1.06 bits per heavy atom. The Bertz CT molecular complexity index is 1050. The third-order valence-corrected chi connectivity index (χ3v) is 7.14. The molecule has 180 valence electrons. The van der Waals surface area contributed by atoms with Crippen LogP contribution in [0.25, 0.3) is 0 Å². The van der Waals surface area contributed by atoms with Gasteiger partial charge < -0.3 is 9.84 Å². The largest absolute Gasteiger partial charge is 0.508 e. The molecule has 1 fully saturated rings. The number of aromatic nitrogens is 2. The van der Waals surface area contributed by atoms with Gasteiger partial charge in [0.05, 0.1) is 19.1 Å². The molecular weight excluding hydrogens is 424 g/mol. The normalized spacial score (nSPS) is 15.6. The molecule has 1 unspecified atom stereocenters. The van der Waals surface area contributed by atoms with Crippen LogP contribution in [-0.2, 0) is 22.6 Å². The summed E-state index contributed by atoms with van der Waals surface area (Å²) in [7, 11) is 0. The summed E-state index contributed by atoms with van der Waals surface area (Å²) in [5.74, 6) is 1.02. The second kappa shape index (κ2) is 11.9. The van der Waals surface area contributed by atoms with E-state index in [2.05, 4.69) is 52.7 Å². The number of para-hydroxylation sites is 1. The molecule has 0 saturated heterocycles. The average Bonchev–Trinajstić information content (AvgIpc) is 3.03. The summed E-state index contributed by atoms with van der Waals surface area (Å²) >= 11 is 0. The summed E-state index contributed by atoms with van der Waals surface area (Å²) in [6.45, 7) is 4.14. The minimum Gasteiger partial charge on any atom is -0.508 e. The molecule has 0 spiro atoms. The van der Waals surface area contributed by atoms with E-state index < -0.39 is 0 Å². The number of aromatic hydroxyl groups is 1. The summed E-state index contributed by atoms with van der Waals surface area (Å²) in [4.78, 5) is 13.2. The fourth-order valence-corrected chi connectivity index (χ4v) is 5.19. The van der Waals surface area contributed by atoms with Crippen molar-refractivity contribution in [3.63, 3.8) is 0 Å². The number of hydrogen-bond donors (Lipinski definition) is 1. The first-order valence-corrected chi connectivity index (χ1v) is 12.7. The monoisotopic (exact) mass is 461 g/mol. The van der Waals surface area contributed by atoms with E-state index in [9.17, 15) is 9.90 Å². The van der Waals surface area contributed by atoms with Crippen LogP contribution in [0.4, 0.5) is 0 Å². The van der Waals surface area contributed by atoms with Gasteiger partial charge in [-0.25, -0.2) is 9.13 Å². The molecule has 1 atom stereocenters. The zero-order valence-electron chi connectivity index (χ0n) is 20.2. The molecule has 2 aromatic carbocycles. The Morgan fingerprint density at radius 3 is 2.50 bits per heavy atom. The molecule has 1 aromatic heterocycles. The second-order valence-electron chi connectivity index (χ2n) is 9.46. The van der Waals surface area contributed by atoms with E-state index in [0.717, 1.165) is 45.2 Å². The summed E-state index contributed by atoms with van der Waals surface area (Å²) in [6, 6.07) is 17.7. The van der Waals surface area contributed by atoms with Crippen LogP contribution in [0.1, 0.15) is 67.8 Å². The van der Waals surface area contributed by atoms with Crippen molar-refractivity contribution in [2.45, 2.75) is 70.9 Å². The number of phenols is 1. The number of aryl methyl sites for hydroxylation is 1. The highest BCUT2D eigenvalue weighted by Crippen LogP contribution is 2.39. The number of esters is 1. The number of ether oxygens (including phenoxy) is 1. The Morgan fingerprint density at radius 2 is 1.76 bits per heavy atom. The van der Waals surface area contributed by atoms with Crippen molar-refractivity contribution in [2.24, 2.45) is 5.92 Å². The molecule has 5 nitrogen and oxygen atoms in total. The maximum atomic E-state index is 13.2. The molecule has 4 rings (SSSR count). The lowest BCUT2D eigenvalue weighted by atomic mass is 9.81. The van der Waals surface area contributed by atoms with Gasteiger partial charge in [-0.05, 0) is 30.4 Å². The van der Waals surface area contributed by atoms with Crippen LogP contribution < -0.4 is 4.57 Å². The summed E-state index contributed by atoms with van der Waals surface area (Å²) in [6.07, 6.45) is 11.7. The van der Waals surface area contributed by atoms with Crippen LogP contribution in [0, 0.1) is 12.8 Å². The third-order valence-electron chi connectivity index (χ3n) is 7.14. The lowest BCUT2D eigenvalue weighted by Crippen LogP contribution is -2.36. The van der Waals surface area contributed by atoms with Crippen molar-refractivity contribution in [1.82, 2.24) is 4.57 Å². The SMILES string of the molecule is Cc1n(CCCOC(=O)C(c2ccccc2O)C2CCCCCC2)cc[n+]1Cc1ccccc1. The number of hydrogen-bond acceptors (Lipinski definition) is 3. The number of nitrogens with zero attached hydrogens (tertiary/aromatic N) is 2. The molecule has 3 aromatic rings.